The molecule has 41 heavy (non-hydrogen) atoms. The predicted octanol–water partition coefficient (Wildman–Crippen LogP) is 3.52. The lowest BCUT2D eigenvalue weighted by molar-refractivity contribution is -0.148. The first kappa shape index (κ1) is 29.4. The Morgan fingerprint density at radius 3 is 2.63 bits per heavy atom. The van der Waals surface area contributed by atoms with Crippen molar-refractivity contribution in [2.75, 3.05) is 30.3 Å². The van der Waals surface area contributed by atoms with Gasteiger partial charge in [-0.15, -0.1) is 0 Å². The number of fused-ring (bicyclic) bond motifs is 2. The van der Waals surface area contributed by atoms with E-state index in [1.165, 1.54) is 0 Å². The number of aliphatic hydroxyl groups excluding tert-OH is 1. The number of benzene rings is 2. The Kier molecular flexibility index (Phi) is 8.33. The fraction of sp³-hybridized carbons (Fsp3) is 0.500. The minimum Gasteiger partial charge on any atom is -0.395 e. The Balaban J connectivity index is 1.43. The summed E-state index contributed by atoms with van der Waals surface area (Å²) < 4.78 is 22.6. The van der Waals surface area contributed by atoms with Crippen molar-refractivity contribution in [1.29, 1.82) is 0 Å². The molecule has 1 spiro atoms. The zero-order chi connectivity index (χ0) is 29.4. The molecule has 4 N–H and O–H groups in total. The Bertz CT molecular complexity index is 1300. The number of rotatable bonds is 9. The number of nitrogens with one attached hydrogen (secondary N) is 3. The third-order valence-corrected chi connectivity index (χ3v) is 11.1. The van der Waals surface area contributed by atoms with Gasteiger partial charge in [0.25, 0.3) is 5.91 Å². The van der Waals surface area contributed by atoms with E-state index in [1.54, 1.807) is 36.2 Å². The Morgan fingerprint density at radius 2 is 1.98 bits per heavy atom. The number of hydrogen-bond donors (Lipinski definition) is 4. The van der Waals surface area contributed by atoms with Gasteiger partial charge in [0.05, 0.1) is 25.2 Å². The van der Waals surface area contributed by atoms with Crippen molar-refractivity contribution in [3.8, 4) is 0 Å². The predicted molar refractivity (Wildman–Crippen MR) is 156 cm³/mol. The molecule has 11 heteroatoms. The lowest BCUT2D eigenvalue weighted by atomic mass is 9.82. The van der Waals surface area contributed by atoms with E-state index < -0.39 is 37.5 Å². The fourth-order valence-corrected chi connectivity index (χ4v) is 9.29. The average Bonchev–Trinajstić information content (AvgIpc) is 3.63. The van der Waals surface area contributed by atoms with Crippen LogP contribution in [0, 0.1) is 5.92 Å². The van der Waals surface area contributed by atoms with Crippen molar-refractivity contribution in [2.45, 2.75) is 69.1 Å². The summed E-state index contributed by atoms with van der Waals surface area (Å²) in [6.45, 7) is 6.01. The van der Waals surface area contributed by atoms with Crippen LogP contribution in [0.2, 0.25) is 18.6 Å². The molecule has 0 radical (unpaired) electrons. The number of amides is 3. The Hall–Kier alpha value is -3.12. The van der Waals surface area contributed by atoms with Gasteiger partial charge in [0.2, 0.25) is 20.2 Å². The molecule has 3 heterocycles. The monoisotopic (exact) mass is 582 g/mol. The van der Waals surface area contributed by atoms with Crippen molar-refractivity contribution in [3.05, 3.63) is 59.7 Å². The van der Waals surface area contributed by atoms with Crippen LogP contribution >= 0.6 is 0 Å². The number of carbonyl (C=O) groups excluding carboxylic acids is 3. The van der Waals surface area contributed by atoms with Gasteiger partial charge >= 0.3 is 0 Å². The molecule has 0 aromatic heterocycles. The highest BCUT2D eigenvalue weighted by atomic mass is 28.4. The van der Waals surface area contributed by atoms with Crippen LogP contribution in [0.4, 0.5) is 15.5 Å². The van der Waals surface area contributed by atoms with E-state index >= 15 is 4.11 Å². The standard InChI is InChI=1S/C30H39FN4O5Si/c1-19-27(41(2,3)31)25(17-26(37)35(14-15-36)18-20-8-5-4-6-9-20)40-30(19)22-16-21(11-12-23(22)34-29(30)39)33-28(38)24-10-7-13-32-24/h4-6,8-9,11-12,16,19,24-25,27,32,36H,7,10,13-15,17-18H2,1-3H3,(H,33,38)(H,34,39)/t19-,24+,25+,27-,30+/m0/s1. The summed E-state index contributed by atoms with van der Waals surface area (Å²) in [7, 11) is -3.45. The highest BCUT2D eigenvalue weighted by Gasteiger charge is 2.65. The number of carbonyl (C=O) groups is 3. The van der Waals surface area contributed by atoms with Crippen molar-refractivity contribution < 1.29 is 28.3 Å². The molecule has 3 amide bonds. The number of nitrogens with zero attached hydrogens (tertiary/aromatic N) is 1. The van der Waals surface area contributed by atoms with Gasteiger partial charge < -0.3 is 34.8 Å². The van der Waals surface area contributed by atoms with Gasteiger partial charge in [0, 0.05) is 41.5 Å². The third kappa shape index (κ3) is 5.68. The van der Waals surface area contributed by atoms with E-state index in [0.717, 1.165) is 24.9 Å². The Labute approximate surface area is 241 Å². The maximum absolute atomic E-state index is 16.0. The molecular formula is C30H39FN4O5Si. The topological polar surface area (TPSA) is 120 Å². The van der Waals surface area contributed by atoms with Crippen LogP contribution in [0.15, 0.2) is 48.5 Å². The second-order valence-corrected chi connectivity index (χ2v) is 15.6. The molecule has 5 rings (SSSR count). The van der Waals surface area contributed by atoms with E-state index in [9.17, 15) is 19.5 Å². The summed E-state index contributed by atoms with van der Waals surface area (Å²) in [5.41, 5.74) is 0.399. The minimum absolute atomic E-state index is 0.115. The summed E-state index contributed by atoms with van der Waals surface area (Å²) in [5, 5.41) is 18.7. The van der Waals surface area contributed by atoms with Crippen molar-refractivity contribution in [2.24, 2.45) is 5.92 Å². The number of ether oxygens (including phenoxy) is 1. The lowest BCUT2D eigenvalue weighted by Crippen LogP contribution is -2.42. The zero-order valence-corrected chi connectivity index (χ0v) is 24.8. The summed E-state index contributed by atoms with van der Waals surface area (Å²) in [5.74, 6) is -1.37. The van der Waals surface area contributed by atoms with Crippen LogP contribution in [0.25, 0.3) is 0 Å². The summed E-state index contributed by atoms with van der Waals surface area (Å²) in [4.78, 5) is 41.5. The van der Waals surface area contributed by atoms with Crippen LogP contribution in [0.3, 0.4) is 0 Å². The third-order valence-electron chi connectivity index (χ3n) is 8.67. The normalized spacial score (nSPS) is 27.1. The maximum atomic E-state index is 16.0. The molecule has 220 valence electrons. The van der Waals surface area contributed by atoms with Crippen molar-refractivity contribution in [3.63, 3.8) is 0 Å². The quantitative estimate of drug-likeness (QED) is 0.265. The van der Waals surface area contributed by atoms with E-state index in [-0.39, 0.29) is 37.4 Å². The van der Waals surface area contributed by atoms with Gasteiger partial charge in [-0.25, -0.2) is 0 Å². The highest BCUT2D eigenvalue weighted by Crippen LogP contribution is 2.59. The molecule has 0 aliphatic carbocycles. The molecule has 9 nitrogen and oxygen atoms in total. The van der Waals surface area contributed by atoms with Crippen molar-refractivity contribution in [1.82, 2.24) is 10.2 Å². The molecule has 3 aliphatic heterocycles. The largest absolute Gasteiger partial charge is 0.395 e. The molecule has 3 aliphatic rings. The Morgan fingerprint density at radius 1 is 1.22 bits per heavy atom. The molecule has 5 atom stereocenters. The van der Waals surface area contributed by atoms with Gasteiger partial charge in [-0.2, -0.15) is 0 Å². The first-order valence-electron chi connectivity index (χ1n) is 14.3. The van der Waals surface area contributed by atoms with Crippen LogP contribution in [0.5, 0.6) is 0 Å². The minimum atomic E-state index is -3.45. The highest BCUT2D eigenvalue weighted by molar-refractivity contribution is 6.72. The molecule has 2 saturated heterocycles. The molecule has 0 unspecified atom stereocenters. The maximum Gasteiger partial charge on any atom is 0.261 e. The summed E-state index contributed by atoms with van der Waals surface area (Å²) in [6, 6.07) is 14.4. The molecule has 0 saturated carbocycles. The smallest absolute Gasteiger partial charge is 0.261 e. The van der Waals surface area contributed by atoms with Gasteiger partial charge in [-0.1, -0.05) is 37.3 Å². The second kappa shape index (κ2) is 11.6. The zero-order valence-electron chi connectivity index (χ0n) is 23.8. The molecule has 2 aromatic rings. The number of hydrogen-bond acceptors (Lipinski definition) is 6. The molecular weight excluding hydrogens is 543 g/mol. The lowest BCUT2D eigenvalue weighted by Gasteiger charge is -2.31. The number of anilines is 2. The summed E-state index contributed by atoms with van der Waals surface area (Å²) in [6.07, 6.45) is 0.738. The van der Waals surface area contributed by atoms with Crippen LogP contribution in [0.1, 0.15) is 37.3 Å². The van der Waals surface area contributed by atoms with Gasteiger partial charge in [0.1, 0.15) is 0 Å². The average molecular weight is 583 g/mol. The summed E-state index contributed by atoms with van der Waals surface area (Å²) >= 11 is 0. The van der Waals surface area contributed by atoms with Crippen molar-refractivity contribution >= 4 is 37.5 Å². The van der Waals surface area contributed by atoms with Crippen LogP contribution < -0.4 is 16.0 Å². The SMILES string of the molecule is C[C@H]1[C@H]([Si](C)(C)F)[C@@H](CC(=O)N(CCO)Cc2ccccc2)O[C@]12C(=O)Nc1ccc(NC(=O)[C@H]3CCCN3)cc12. The van der Waals surface area contributed by atoms with E-state index in [0.29, 0.717) is 23.5 Å². The second-order valence-electron chi connectivity index (χ2n) is 11.9. The molecule has 2 aromatic carbocycles. The number of aliphatic hydroxyl groups is 1. The fourth-order valence-electron chi connectivity index (χ4n) is 6.80. The van der Waals surface area contributed by atoms with Gasteiger partial charge in [-0.05, 0) is 56.2 Å². The molecule has 2 fully saturated rings. The van der Waals surface area contributed by atoms with E-state index in [1.807, 2.05) is 37.3 Å². The molecule has 0 bridgehead atoms. The first-order valence-corrected chi connectivity index (χ1v) is 17.3. The number of halogens is 1. The van der Waals surface area contributed by atoms with E-state index in [4.69, 9.17) is 4.74 Å². The van der Waals surface area contributed by atoms with Gasteiger partial charge in [0.15, 0.2) is 5.60 Å². The van der Waals surface area contributed by atoms with Crippen LogP contribution in [-0.2, 0) is 31.3 Å². The van der Waals surface area contributed by atoms with Crippen LogP contribution in [-0.4, -0.2) is 68.0 Å². The van der Waals surface area contributed by atoms with E-state index in [2.05, 4.69) is 16.0 Å². The van der Waals surface area contributed by atoms with Gasteiger partial charge in [-0.3, -0.25) is 14.4 Å². The first-order chi connectivity index (χ1) is 19.5.